The zero-order valence-corrected chi connectivity index (χ0v) is 23.3. The molecule has 40 heavy (non-hydrogen) atoms. The highest BCUT2D eigenvalue weighted by Crippen LogP contribution is 2.21. The van der Waals surface area contributed by atoms with Crippen molar-refractivity contribution in [2.75, 3.05) is 44.7 Å². The van der Waals surface area contributed by atoms with Gasteiger partial charge in [0.15, 0.2) is 0 Å². The summed E-state index contributed by atoms with van der Waals surface area (Å²) in [5.74, 6) is -1.85. The second kappa shape index (κ2) is 14.3. The molecule has 0 saturated carbocycles. The van der Waals surface area contributed by atoms with Crippen molar-refractivity contribution in [3.8, 4) is 0 Å². The number of methoxy groups -OCH3 is 2. The first-order valence-electron chi connectivity index (χ1n) is 12.6. The number of carbonyl (C=O) groups excluding carboxylic acids is 3. The highest BCUT2D eigenvalue weighted by Gasteiger charge is 2.19. The van der Waals surface area contributed by atoms with Crippen LogP contribution < -0.4 is 9.80 Å². The van der Waals surface area contributed by atoms with Crippen molar-refractivity contribution in [2.45, 2.75) is 13.5 Å². The minimum Gasteiger partial charge on any atom is -0.465 e. The standard InChI is InChI=1S/C31H33N3O6/c1-6-40-29(35)24-11-13-25(14-12-24)32-21-34(3)27-17-9-23(10-18-27)20-33(2)26-15-7-22(8-16-26)19-28(30(36)38-4)31(37)39-5/h7-19,21H,6,20H2,1-5H3. The second-order valence-electron chi connectivity index (χ2n) is 8.78. The van der Waals surface area contributed by atoms with E-state index in [4.69, 9.17) is 4.74 Å². The molecule has 0 unspecified atom stereocenters. The molecule has 0 amide bonds. The molecule has 9 nitrogen and oxygen atoms in total. The molecule has 0 aliphatic rings. The van der Waals surface area contributed by atoms with Gasteiger partial charge in [0.05, 0.1) is 38.4 Å². The highest BCUT2D eigenvalue weighted by molar-refractivity contribution is 6.17. The molecule has 0 aliphatic heterocycles. The van der Waals surface area contributed by atoms with Crippen LogP contribution in [0.3, 0.4) is 0 Å². The monoisotopic (exact) mass is 543 g/mol. The number of esters is 3. The molecular formula is C31H33N3O6. The molecule has 9 heteroatoms. The number of aliphatic imine (C=N–C) groups is 1. The Labute approximate surface area is 234 Å². The van der Waals surface area contributed by atoms with Crippen molar-refractivity contribution in [3.05, 3.63) is 95.1 Å². The Morgan fingerprint density at radius 2 is 1.38 bits per heavy atom. The van der Waals surface area contributed by atoms with Crippen LogP contribution in [0, 0.1) is 0 Å². The Hall–Kier alpha value is -4.92. The van der Waals surface area contributed by atoms with Gasteiger partial charge in [-0.05, 0) is 72.7 Å². The maximum Gasteiger partial charge on any atom is 0.345 e. The lowest BCUT2D eigenvalue weighted by atomic mass is 10.1. The van der Waals surface area contributed by atoms with Crippen LogP contribution in [0.4, 0.5) is 17.1 Å². The van der Waals surface area contributed by atoms with E-state index in [9.17, 15) is 14.4 Å². The number of carbonyl (C=O) groups is 3. The van der Waals surface area contributed by atoms with Gasteiger partial charge in [0.2, 0.25) is 0 Å². The second-order valence-corrected chi connectivity index (χ2v) is 8.78. The predicted octanol–water partition coefficient (Wildman–Crippen LogP) is 5.03. The summed E-state index contributed by atoms with van der Waals surface area (Å²) in [7, 11) is 6.33. The molecule has 3 rings (SSSR count). The zero-order valence-electron chi connectivity index (χ0n) is 23.3. The average Bonchev–Trinajstić information content (AvgIpc) is 2.98. The Bertz CT molecular complexity index is 1350. The maximum absolute atomic E-state index is 11.9. The van der Waals surface area contributed by atoms with Crippen LogP contribution in [0.2, 0.25) is 0 Å². The summed E-state index contributed by atoms with van der Waals surface area (Å²) in [6.07, 6.45) is 3.17. The smallest absolute Gasteiger partial charge is 0.345 e. The summed E-state index contributed by atoms with van der Waals surface area (Å²) in [6, 6.07) is 22.6. The van der Waals surface area contributed by atoms with Gasteiger partial charge in [0, 0.05) is 32.0 Å². The molecule has 3 aromatic carbocycles. The van der Waals surface area contributed by atoms with Gasteiger partial charge in [-0.2, -0.15) is 0 Å². The number of benzene rings is 3. The number of nitrogens with zero attached hydrogens (tertiary/aromatic N) is 3. The molecule has 0 spiro atoms. The largest absolute Gasteiger partial charge is 0.465 e. The fourth-order valence-electron chi connectivity index (χ4n) is 3.73. The van der Waals surface area contributed by atoms with Gasteiger partial charge in [0.1, 0.15) is 5.57 Å². The van der Waals surface area contributed by atoms with E-state index in [1.165, 1.54) is 20.3 Å². The van der Waals surface area contributed by atoms with Crippen molar-refractivity contribution in [3.63, 3.8) is 0 Å². The molecular weight excluding hydrogens is 510 g/mol. The summed E-state index contributed by atoms with van der Waals surface area (Å²) in [4.78, 5) is 44.0. The van der Waals surface area contributed by atoms with E-state index in [1.54, 1.807) is 37.5 Å². The summed E-state index contributed by atoms with van der Waals surface area (Å²) in [5, 5.41) is 0. The fraction of sp³-hybridized carbons (Fsp3) is 0.226. The Morgan fingerprint density at radius 3 is 1.93 bits per heavy atom. The minimum absolute atomic E-state index is 0.173. The lowest BCUT2D eigenvalue weighted by Gasteiger charge is -2.20. The number of ether oxygens (including phenoxy) is 3. The first kappa shape index (κ1) is 29.6. The third-order valence-corrected chi connectivity index (χ3v) is 5.98. The van der Waals surface area contributed by atoms with E-state index in [2.05, 4.69) is 31.5 Å². The summed E-state index contributed by atoms with van der Waals surface area (Å²) in [5.41, 5.74) is 4.78. The van der Waals surface area contributed by atoms with Gasteiger partial charge in [-0.1, -0.05) is 24.3 Å². The summed E-state index contributed by atoms with van der Waals surface area (Å²) in [6.45, 7) is 2.79. The van der Waals surface area contributed by atoms with Crippen molar-refractivity contribution in [1.82, 2.24) is 0 Å². The topological polar surface area (TPSA) is 97.7 Å². The molecule has 0 radical (unpaired) electrons. The third kappa shape index (κ3) is 8.04. The molecule has 0 N–H and O–H groups in total. The number of hydrogen-bond acceptors (Lipinski definition) is 8. The van der Waals surface area contributed by atoms with Gasteiger partial charge in [-0.15, -0.1) is 0 Å². The van der Waals surface area contributed by atoms with Crippen LogP contribution >= 0.6 is 0 Å². The Balaban J connectivity index is 1.60. The molecule has 0 saturated heterocycles. The lowest BCUT2D eigenvalue weighted by Crippen LogP contribution is -2.17. The quantitative estimate of drug-likeness (QED) is 0.0632. The van der Waals surface area contributed by atoms with Crippen molar-refractivity contribution < 1.29 is 28.6 Å². The summed E-state index contributed by atoms with van der Waals surface area (Å²) < 4.78 is 14.3. The van der Waals surface area contributed by atoms with Crippen LogP contribution in [0.15, 0.2) is 83.4 Å². The molecule has 3 aromatic rings. The van der Waals surface area contributed by atoms with E-state index in [1.807, 2.05) is 55.4 Å². The zero-order chi connectivity index (χ0) is 29.1. The minimum atomic E-state index is -0.752. The van der Waals surface area contributed by atoms with E-state index < -0.39 is 11.9 Å². The molecule has 0 aliphatic carbocycles. The van der Waals surface area contributed by atoms with Gasteiger partial charge in [-0.3, -0.25) is 0 Å². The molecule has 0 heterocycles. The van der Waals surface area contributed by atoms with Crippen LogP contribution in [0.25, 0.3) is 6.08 Å². The SMILES string of the molecule is CCOC(=O)c1ccc(N=CN(C)c2ccc(CN(C)c3ccc(C=C(C(=O)OC)C(=O)OC)cc3)cc2)cc1. The van der Waals surface area contributed by atoms with Gasteiger partial charge >= 0.3 is 17.9 Å². The van der Waals surface area contributed by atoms with E-state index in [0.29, 0.717) is 24.3 Å². The summed E-state index contributed by atoms with van der Waals surface area (Å²) >= 11 is 0. The Morgan fingerprint density at radius 1 is 0.800 bits per heavy atom. The average molecular weight is 544 g/mol. The van der Waals surface area contributed by atoms with Crippen LogP contribution in [-0.2, 0) is 30.3 Å². The number of anilines is 2. The van der Waals surface area contributed by atoms with Crippen LogP contribution in [0.1, 0.15) is 28.4 Å². The number of rotatable bonds is 11. The van der Waals surface area contributed by atoms with E-state index in [0.717, 1.165) is 22.6 Å². The Kier molecular flexibility index (Phi) is 10.6. The molecule has 0 aromatic heterocycles. The number of hydrogen-bond donors (Lipinski definition) is 0. The lowest BCUT2D eigenvalue weighted by molar-refractivity contribution is -0.143. The predicted molar refractivity (Wildman–Crippen MR) is 156 cm³/mol. The van der Waals surface area contributed by atoms with Crippen molar-refractivity contribution in [1.29, 1.82) is 0 Å². The first-order chi connectivity index (χ1) is 19.2. The van der Waals surface area contributed by atoms with Gasteiger partial charge < -0.3 is 24.0 Å². The van der Waals surface area contributed by atoms with Crippen LogP contribution in [-0.4, -0.2) is 59.2 Å². The maximum atomic E-state index is 11.9. The molecule has 208 valence electrons. The van der Waals surface area contributed by atoms with E-state index >= 15 is 0 Å². The van der Waals surface area contributed by atoms with Crippen molar-refractivity contribution >= 4 is 47.4 Å². The molecule has 0 bridgehead atoms. The third-order valence-electron chi connectivity index (χ3n) is 5.98. The molecule has 0 fully saturated rings. The molecule has 0 atom stereocenters. The first-order valence-corrected chi connectivity index (χ1v) is 12.6. The fourth-order valence-corrected chi connectivity index (χ4v) is 3.73. The van der Waals surface area contributed by atoms with Gasteiger partial charge in [0.25, 0.3) is 0 Å². The van der Waals surface area contributed by atoms with Crippen molar-refractivity contribution in [2.24, 2.45) is 4.99 Å². The van der Waals surface area contributed by atoms with Crippen LogP contribution in [0.5, 0.6) is 0 Å². The normalized spacial score (nSPS) is 10.5. The van der Waals surface area contributed by atoms with Gasteiger partial charge in [-0.25, -0.2) is 19.4 Å². The van der Waals surface area contributed by atoms with E-state index in [-0.39, 0.29) is 11.5 Å². The highest BCUT2D eigenvalue weighted by atomic mass is 16.5.